The predicted octanol–water partition coefficient (Wildman–Crippen LogP) is 2.53. The van der Waals surface area contributed by atoms with Gasteiger partial charge in [0.1, 0.15) is 23.4 Å². The molecule has 0 unspecified atom stereocenters. The Hall–Kier alpha value is -1.48. The van der Waals surface area contributed by atoms with E-state index in [0.717, 1.165) is 6.29 Å². The van der Waals surface area contributed by atoms with Crippen molar-refractivity contribution in [3.8, 4) is 5.75 Å². The van der Waals surface area contributed by atoms with Gasteiger partial charge in [-0.3, -0.25) is 0 Å². The highest BCUT2D eigenvalue weighted by atomic mass is 35.5. The van der Waals surface area contributed by atoms with Gasteiger partial charge in [-0.25, -0.2) is 0 Å². The topological polar surface area (TPSA) is 50.4 Å². The van der Waals surface area contributed by atoms with E-state index in [1.165, 1.54) is 6.07 Å². The highest BCUT2D eigenvalue weighted by molar-refractivity contribution is 6.31. The van der Waals surface area contributed by atoms with Crippen molar-refractivity contribution in [1.82, 2.24) is 0 Å². The smallest absolute Gasteiger partial charge is 0.139 e. The first-order valence-electron chi connectivity index (χ1n) is 4.05. The maximum atomic E-state index is 10.3. The van der Waals surface area contributed by atoms with Crippen molar-refractivity contribution >= 4 is 28.9 Å². The molecule has 0 aliphatic carbocycles. The summed E-state index contributed by atoms with van der Waals surface area (Å²) in [5, 5.41) is 10.5. The first-order chi connectivity index (χ1) is 6.70. The van der Waals surface area contributed by atoms with E-state index >= 15 is 0 Å². The van der Waals surface area contributed by atoms with E-state index < -0.39 is 0 Å². The molecule has 3 nitrogen and oxygen atoms in total. The molecule has 0 spiro atoms. The molecule has 1 heterocycles. The summed E-state index contributed by atoms with van der Waals surface area (Å²) in [7, 11) is 0. The van der Waals surface area contributed by atoms with E-state index in [-0.39, 0.29) is 12.2 Å². The molecule has 0 atom stereocenters. The van der Waals surface area contributed by atoms with E-state index in [4.69, 9.17) is 16.0 Å². The van der Waals surface area contributed by atoms with Crippen LogP contribution in [0.5, 0.6) is 5.75 Å². The molecule has 0 amide bonds. The molecule has 4 heteroatoms. The number of aldehydes is 1. The zero-order valence-corrected chi connectivity index (χ0v) is 7.91. The summed E-state index contributed by atoms with van der Waals surface area (Å²) in [5.41, 5.74) is 0.492. The minimum absolute atomic E-state index is 0.0633. The Kier molecular flexibility index (Phi) is 2.17. The predicted molar refractivity (Wildman–Crippen MR) is 52.7 cm³/mol. The van der Waals surface area contributed by atoms with E-state index in [1.807, 2.05) is 0 Å². The third-order valence-corrected chi connectivity index (χ3v) is 2.13. The Labute approximate surface area is 84.9 Å². The Bertz CT molecular complexity index is 487. The van der Waals surface area contributed by atoms with E-state index in [0.29, 0.717) is 21.8 Å². The summed E-state index contributed by atoms with van der Waals surface area (Å²) in [6.07, 6.45) is 0.947. The molecule has 2 rings (SSSR count). The van der Waals surface area contributed by atoms with E-state index in [2.05, 4.69) is 0 Å². The van der Waals surface area contributed by atoms with Crippen LogP contribution in [0, 0.1) is 0 Å². The normalized spacial score (nSPS) is 10.6. The van der Waals surface area contributed by atoms with Crippen molar-refractivity contribution in [2.45, 2.75) is 6.42 Å². The van der Waals surface area contributed by atoms with Gasteiger partial charge in [-0.05, 0) is 12.1 Å². The van der Waals surface area contributed by atoms with Crippen LogP contribution in [-0.4, -0.2) is 11.4 Å². The van der Waals surface area contributed by atoms with Crippen molar-refractivity contribution in [2.24, 2.45) is 0 Å². The second kappa shape index (κ2) is 3.35. The molecule has 0 fully saturated rings. The maximum Gasteiger partial charge on any atom is 0.139 e. The molecule has 1 aromatic carbocycles. The lowest BCUT2D eigenvalue weighted by molar-refractivity contribution is -0.107. The minimum Gasteiger partial charge on any atom is -0.507 e. The fourth-order valence-corrected chi connectivity index (χ4v) is 1.53. The Balaban J connectivity index is 2.64. The van der Waals surface area contributed by atoms with Gasteiger partial charge in [-0.2, -0.15) is 0 Å². The number of benzene rings is 1. The number of hydrogen-bond donors (Lipinski definition) is 1. The largest absolute Gasteiger partial charge is 0.507 e. The first kappa shape index (κ1) is 9.09. The molecule has 1 N–H and O–H groups in total. The van der Waals surface area contributed by atoms with Crippen molar-refractivity contribution in [3.63, 3.8) is 0 Å². The molecule has 0 radical (unpaired) electrons. The fourth-order valence-electron chi connectivity index (χ4n) is 1.32. The summed E-state index contributed by atoms with van der Waals surface area (Å²) in [6.45, 7) is 0. The van der Waals surface area contributed by atoms with Crippen molar-refractivity contribution in [3.05, 3.63) is 29.0 Å². The average Bonchev–Trinajstić information content (AvgIpc) is 2.48. The monoisotopic (exact) mass is 210 g/mol. The molecule has 2 aromatic rings. The van der Waals surface area contributed by atoms with Gasteiger partial charge in [-0.15, -0.1) is 0 Å². The summed E-state index contributed by atoms with van der Waals surface area (Å²) in [5.74, 6) is 0.584. The van der Waals surface area contributed by atoms with E-state index in [9.17, 15) is 9.90 Å². The number of aromatic hydroxyl groups is 1. The average molecular weight is 211 g/mol. The second-order valence-electron chi connectivity index (χ2n) is 2.92. The van der Waals surface area contributed by atoms with Crippen LogP contribution >= 0.6 is 11.6 Å². The van der Waals surface area contributed by atoms with Gasteiger partial charge in [0.2, 0.25) is 0 Å². The summed E-state index contributed by atoms with van der Waals surface area (Å²) < 4.78 is 5.29. The van der Waals surface area contributed by atoms with Gasteiger partial charge in [-0.1, -0.05) is 11.6 Å². The number of carbonyl (C=O) groups is 1. The third-order valence-electron chi connectivity index (χ3n) is 1.92. The number of halogens is 1. The number of hydrogen-bond acceptors (Lipinski definition) is 3. The Morgan fingerprint density at radius 3 is 2.93 bits per heavy atom. The number of carbonyl (C=O) groups excluding carboxylic acids is 1. The molecule has 14 heavy (non-hydrogen) atoms. The van der Waals surface area contributed by atoms with Crippen LogP contribution in [0.3, 0.4) is 0 Å². The minimum atomic E-state index is 0.0633. The highest BCUT2D eigenvalue weighted by Gasteiger charge is 2.08. The summed E-state index contributed by atoms with van der Waals surface area (Å²) in [4.78, 5) is 10.3. The van der Waals surface area contributed by atoms with Gasteiger partial charge in [0.05, 0.1) is 11.8 Å². The molecule has 0 saturated carbocycles. The summed E-state index contributed by atoms with van der Waals surface area (Å²) in [6, 6.07) is 4.67. The van der Waals surface area contributed by atoms with Gasteiger partial charge in [0.25, 0.3) is 0 Å². The Morgan fingerprint density at radius 1 is 1.43 bits per heavy atom. The lowest BCUT2D eigenvalue weighted by atomic mass is 10.2. The van der Waals surface area contributed by atoms with Crippen LogP contribution < -0.4 is 0 Å². The van der Waals surface area contributed by atoms with Gasteiger partial charge < -0.3 is 14.3 Å². The number of phenols is 1. The molecular weight excluding hydrogens is 204 g/mol. The van der Waals surface area contributed by atoms with Crippen molar-refractivity contribution in [1.29, 1.82) is 0 Å². The van der Waals surface area contributed by atoms with E-state index in [1.54, 1.807) is 12.1 Å². The van der Waals surface area contributed by atoms with Crippen LogP contribution in [0.4, 0.5) is 0 Å². The van der Waals surface area contributed by atoms with Crippen molar-refractivity contribution < 1.29 is 14.3 Å². The molecular formula is C10H7ClO3. The molecule has 0 aliphatic heterocycles. The van der Waals surface area contributed by atoms with Crippen LogP contribution in [-0.2, 0) is 11.2 Å². The zero-order valence-electron chi connectivity index (χ0n) is 7.16. The lowest BCUT2D eigenvalue weighted by Crippen LogP contribution is -1.78. The van der Waals surface area contributed by atoms with Gasteiger partial charge >= 0.3 is 0 Å². The van der Waals surface area contributed by atoms with Crippen LogP contribution in [0.15, 0.2) is 22.6 Å². The molecule has 1 aromatic heterocycles. The fraction of sp³-hybridized carbons (Fsp3) is 0.100. The number of rotatable bonds is 2. The number of furan rings is 1. The first-order valence-corrected chi connectivity index (χ1v) is 4.43. The lowest BCUT2D eigenvalue weighted by Gasteiger charge is -1.93. The van der Waals surface area contributed by atoms with Crippen molar-refractivity contribution in [2.75, 3.05) is 0 Å². The van der Waals surface area contributed by atoms with Crippen LogP contribution in [0.1, 0.15) is 5.76 Å². The molecule has 0 saturated heterocycles. The highest BCUT2D eigenvalue weighted by Crippen LogP contribution is 2.31. The van der Waals surface area contributed by atoms with Crippen LogP contribution in [0.2, 0.25) is 5.02 Å². The molecule has 0 aliphatic rings. The second-order valence-corrected chi connectivity index (χ2v) is 3.36. The van der Waals surface area contributed by atoms with Gasteiger partial charge in [0.15, 0.2) is 0 Å². The molecule has 0 bridgehead atoms. The number of fused-ring (bicyclic) bond motifs is 1. The Morgan fingerprint density at radius 2 is 2.21 bits per heavy atom. The SMILES string of the molecule is O=CCc1cc2c(O)cc(Cl)cc2o1. The maximum absolute atomic E-state index is 10.3. The van der Waals surface area contributed by atoms with Gasteiger partial charge in [0, 0.05) is 11.1 Å². The summed E-state index contributed by atoms with van der Waals surface area (Å²) >= 11 is 5.72. The number of phenolic OH excluding ortho intramolecular Hbond substituents is 1. The standard InChI is InChI=1S/C10H7ClO3/c11-6-3-9(13)8-5-7(1-2-12)14-10(8)4-6/h2-5,13H,1H2. The van der Waals surface area contributed by atoms with Crippen LogP contribution in [0.25, 0.3) is 11.0 Å². The quantitative estimate of drug-likeness (QED) is 0.775. The molecule has 72 valence electrons. The third kappa shape index (κ3) is 1.46. The zero-order chi connectivity index (χ0) is 10.1.